The molecule has 0 saturated heterocycles. The summed E-state index contributed by atoms with van der Waals surface area (Å²) in [5.74, 6) is -0.382. The number of carbonyl (C=O) groups is 1. The minimum absolute atomic E-state index is 0.0512. The summed E-state index contributed by atoms with van der Waals surface area (Å²) in [6, 6.07) is 6.75. The van der Waals surface area contributed by atoms with Crippen molar-refractivity contribution in [2.75, 3.05) is 0 Å². The van der Waals surface area contributed by atoms with Crippen LogP contribution in [0.4, 0.5) is 0 Å². The SMILES string of the molecule is Cc1nc(C)c(COC(=O)c2ccc([S@@](=O)C(C)C)cc2)s1. The number of hydrogen-bond acceptors (Lipinski definition) is 5. The fourth-order valence-corrected chi connectivity index (χ4v) is 3.72. The molecule has 1 aromatic heterocycles. The molecule has 2 aromatic rings. The average Bonchev–Trinajstić information content (AvgIpc) is 2.82. The van der Waals surface area contributed by atoms with E-state index in [4.69, 9.17) is 4.74 Å². The zero-order chi connectivity index (χ0) is 16.3. The highest BCUT2D eigenvalue weighted by molar-refractivity contribution is 7.85. The molecule has 0 N–H and O–H groups in total. The van der Waals surface area contributed by atoms with E-state index in [2.05, 4.69) is 4.98 Å². The minimum atomic E-state index is -1.05. The first-order valence-electron chi connectivity index (χ1n) is 6.99. The van der Waals surface area contributed by atoms with Crippen LogP contribution in [0.1, 0.15) is 39.8 Å². The minimum Gasteiger partial charge on any atom is -0.456 e. The maximum atomic E-state index is 12.0. The second kappa shape index (κ2) is 7.15. The van der Waals surface area contributed by atoms with E-state index in [1.165, 1.54) is 11.3 Å². The molecule has 0 aliphatic rings. The van der Waals surface area contributed by atoms with E-state index in [9.17, 15) is 9.00 Å². The highest BCUT2D eigenvalue weighted by atomic mass is 32.2. The van der Waals surface area contributed by atoms with Gasteiger partial charge in [0.1, 0.15) is 6.61 Å². The van der Waals surface area contributed by atoms with Gasteiger partial charge in [-0.15, -0.1) is 11.3 Å². The maximum Gasteiger partial charge on any atom is 0.338 e. The number of benzene rings is 1. The lowest BCUT2D eigenvalue weighted by Crippen LogP contribution is -2.08. The molecule has 22 heavy (non-hydrogen) atoms. The number of aryl methyl sites for hydroxylation is 2. The smallest absolute Gasteiger partial charge is 0.338 e. The van der Waals surface area contributed by atoms with Crippen molar-refractivity contribution in [2.24, 2.45) is 0 Å². The van der Waals surface area contributed by atoms with Crippen molar-refractivity contribution < 1.29 is 13.7 Å². The van der Waals surface area contributed by atoms with E-state index >= 15 is 0 Å². The summed E-state index contributed by atoms with van der Waals surface area (Å²) in [6.45, 7) is 7.87. The molecule has 1 aromatic carbocycles. The van der Waals surface area contributed by atoms with Crippen molar-refractivity contribution in [2.45, 2.75) is 44.4 Å². The summed E-state index contributed by atoms with van der Waals surface area (Å²) in [7, 11) is -1.05. The number of rotatable bonds is 5. The molecule has 0 radical (unpaired) electrons. The second-order valence-electron chi connectivity index (χ2n) is 5.19. The van der Waals surface area contributed by atoms with Gasteiger partial charge in [0.15, 0.2) is 0 Å². The van der Waals surface area contributed by atoms with Gasteiger partial charge in [0.05, 0.1) is 31.9 Å². The van der Waals surface area contributed by atoms with Crippen molar-refractivity contribution in [1.82, 2.24) is 4.98 Å². The van der Waals surface area contributed by atoms with E-state index in [1.54, 1.807) is 24.3 Å². The van der Waals surface area contributed by atoms with Crippen LogP contribution < -0.4 is 0 Å². The van der Waals surface area contributed by atoms with Crippen LogP contribution in [0.5, 0.6) is 0 Å². The second-order valence-corrected chi connectivity index (χ2v) is 8.48. The molecule has 118 valence electrons. The van der Waals surface area contributed by atoms with Gasteiger partial charge in [-0.05, 0) is 38.1 Å². The molecule has 4 nitrogen and oxygen atoms in total. The summed E-state index contributed by atoms with van der Waals surface area (Å²) < 4.78 is 17.3. The normalized spacial score (nSPS) is 12.4. The summed E-state index contributed by atoms with van der Waals surface area (Å²) >= 11 is 1.53. The van der Waals surface area contributed by atoms with Crippen LogP contribution in [0, 0.1) is 13.8 Å². The van der Waals surface area contributed by atoms with Gasteiger partial charge >= 0.3 is 5.97 Å². The topological polar surface area (TPSA) is 56.3 Å². The third-order valence-electron chi connectivity index (χ3n) is 3.08. The first-order chi connectivity index (χ1) is 10.4. The summed E-state index contributed by atoms with van der Waals surface area (Å²) in [4.78, 5) is 18.0. The van der Waals surface area contributed by atoms with Gasteiger partial charge in [-0.25, -0.2) is 9.78 Å². The fraction of sp³-hybridized carbons (Fsp3) is 0.375. The van der Waals surface area contributed by atoms with Crippen molar-refractivity contribution in [3.63, 3.8) is 0 Å². The van der Waals surface area contributed by atoms with Crippen molar-refractivity contribution >= 4 is 28.1 Å². The highest BCUT2D eigenvalue weighted by Gasteiger charge is 2.13. The molecular weight excluding hydrogens is 318 g/mol. The summed E-state index contributed by atoms with van der Waals surface area (Å²) in [5.41, 5.74) is 1.36. The number of ether oxygens (including phenoxy) is 1. The van der Waals surface area contributed by atoms with Crippen molar-refractivity contribution in [3.05, 3.63) is 45.4 Å². The molecule has 0 aliphatic heterocycles. The lowest BCUT2D eigenvalue weighted by Gasteiger charge is -2.07. The van der Waals surface area contributed by atoms with E-state index in [-0.39, 0.29) is 17.8 Å². The monoisotopic (exact) mass is 337 g/mol. The maximum absolute atomic E-state index is 12.0. The Morgan fingerprint density at radius 2 is 1.91 bits per heavy atom. The number of esters is 1. The molecule has 0 fully saturated rings. The Kier molecular flexibility index (Phi) is 5.47. The Bertz CT molecular complexity index is 690. The average molecular weight is 337 g/mol. The van der Waals surface area contributed by atoms with Crippen LogP contribution in [0.25, 0.3) is 0 Å². The standard InChI is InChI=1S/C16H19NO3S2/c1-10(2)22(19)14-7-5-13(6-8-14)16(18)20-9-15-11(3)17-12(4)21-15/h5-8,10H,9H2,1-4H3/t22-/m0/s1. The van der Waals surface area contributed by atoms with Crippen molar-refractivity contribution in [3.8, 4) is 0 Å². The van der Waals surface area contributed by atoms with Crippen LogP contribution in [-0.2, 0) is 22.1 Å². The van der Waals surface area contributed by atoms with Gasteiger partial charge in [-0.3, -0.25) is 4.21 Å². The Morgan fingerprint density at radius 3 is 2.41 bits per heavy atom. The van der Waals surface area contributed by atoms with Crippen LogP contribution in [0.2, 0.25) is 0 Å². The predicted molar refractivity (Wildman–Crippen MR) is 88.7 cm³/mol. The fourth-order valence-electron chi connectivity index (χ4n) is 1.92. The third kappa shape index (κ3) is 4.01. The Balaban J connectivity index is 2.01. The predicted octanol–water partition coefficient (Wildman–Crippen LogP) is 3.63. The van der Waals surface area contributed by atoms with E-state index in [0.29, 0.717) is 5.56 Å². The molecule has 0 aliphatic carbocycles. The van der Waals surface area contributed by atoms with Crippen LogP contribution in [0.15, 0.2) is 29.2 Å². The van der Waals surface area contributed by atoms with Crippen LogP contribution in [-0.4, -0.2) is 20.4 Å². The summed E-state index contributed by atoms with van der Waals surface area (Å²) in [6.07, 6.45) is 0. The molecule has 0 saturated carbocycles. The number of thiazole rings is 1. The molecule has 1 heterocycles. The molecule has 6 heteroatoms. The van der Waals surface area contributed by atoms with E-state index in [0.717, 1.165) is 20.5 Å². The molecule has 1 atom stereocenters. The summed E-state index contributed by atoms with van der Waals surface area (Å²) in [5, 5.41) is 1.01. The molecule has 2 rings (SSSR count). The van der Waals surface area contributed by atoms with Gasteiger partial charge in [0.2, 0.25) is 0 Å². The number of nitrogens with zero attached hydrogens (tertiary/aromatic N) is 1. The van der Waals surface area contributed by atoms with Gasteiger partial charge in [0, 0.05) is 10.1 Å². The lowest BCUT2D eigenvalue weighted by atomic mass is 10.2. The van der Waals surface area contributed by atoms with Crippen LogP contribution in [0.3, 0.4) is 0 Å². The quantitative estimate of drug-likeness (QED) is 0.782. The Hall–Kier alpha value is -1.53. The van der Waals surface area contributed by atoms with Gasteiger partial charge in [-0.1, -0.05) is 13.8 Å². The largest absolute Gasteiger partial charge is 0.456 e. The molecule has 0 amide bonds. The number of aromatic nitrogens is 1. The van der Waals surface area contributed by atoms with Gasteiger partial charge in [0.25, 0.3) is 0 Å². The first kappa shape index (κ1) is 16.8. The molecule has 0 unspecified atom stereocenters. The Morgan fingerprint density at radius 1 is 1.27 bits per heavy atom. The Labute approximate surface area is 137 Å². The number of carbonyl (C=O) groups excluding carboxylic acids is 1. The lowest BCUT2D eigenvalue weighted by molar-refractivity contribution is 0.0476. The first-order valence-corrected chi connectivity index (χ1v) is 9.02. The molecule has 0 spiro atoms. The molecule has 0 bridgehead atoms. The van der Waals surface area contributed by atoms with E-state index in [1.807, 2.05) is 27.7 Å². The third-order valence-corrected chi connectivity index (χ3v) is 5.72. The van der Waals surface area contributed by atoms with Crippen LogP contribution >= 0.6 is 11.3 Å². The van der Waals surface area contributed by atoms with Gasteiger partial charge in [-0.2, -0.15) is 0 Å². The molecular formula is C16H19NO3S2. The number of hydrogen-bond donors (Lipinski definition) is 0. The van der Waals surface area contributed by atoms with Crippen molar-refractivity contribution in [1.29, 1.82) is 0 Å². The zero-order valence-electron chi connectivity index (χ0n) is 13.1. The zero-order valence-corrected chi connectivity index (χ0v) is 14.7. The highest BCUT2D eigenvalue weighted by Crippen LogP contribution is 2.19. The van der Waals surface area contributed by atoms with Gasteiger partial charge < -0.3 is 4.74 Å². The van der Waals surface area contributed by atoms with E-state index < -0.39 is 10.8 Å².